The molecule has 2 heterocycles. The zero-order chi connectivity index (χ0) is 17.6. The molecule has 2 amide bonds. The Morgan fingerprint density at radius 3 is 2.28 bits per heavy atom. The highest BCUT2D eigenvalue weighted by Gasteiger charge is 2.21. The van der Waals surface area contributed by atoms with Crippen LogP contribution in [0, 0.1) is 5.92 Å². The average molecular weight is 346 g/mol. The van der Waals surface area contributed by atoms with Gasteiger partial charge in [0.1, 0.15) is 5.75 Å². The first-order chi connectivity index (χ1) is 12.1. The number of benzene rings is 1. The topological polar surface area (TPSA) is 59.1 Å². The predicted molar refractivity (Wildman–Crippen MR) is 93.6 cm³/mol. The number of nitrogens with zero attached hydrogens (tertiary/aromatic N) is 2. The van der Waals surface area contributed by atoms with Crippen molar-refractivity contribution in [3.8, 4) is 5.75 Å². The van der Waals surface area contributed by atoms with Crippen LogP contribution in [0.15, 0.2) is 24.3 Å². The largest absolute Gasteiger partial charge is 0.493 e. The minimum atomic E-state index is 0.0476. The van der Waals surface area contributed by atoms with Crippen molar-refractivity contribution in [3.63, 3.8) is 0 Å². The molecule has 0 radical (unpaired) electrons. The molecule has 2 aliphatic rings. The third-order valence-corrected chi connectivity index (χ3v) is 4.95. The van der Waals surface area contributed by atoms with Crippen LogP contribution in [0.2, 0.25) is 0 Å². The molecule has 2 fully saturated rings. The number of likely N-dealkylation sites (tertiary alicyclic amines) is 1. The summed E-state index contributed by atoms with van der Waals surface area (Å²) in [4.78, 5) is 27.5. The molecule has 0 unspecified atom stereocenters. The number of hydrogen-bond acceptors (Lipinski definition) is 4. The molecule has 6 heteroatoms. The Labute approximate surface area is 148 Å². The molecule has 0 saturated carbocycles. The van der Waals surface area contributed by atoms with Crippen molar-refractivity contribution in [2.45, 2.75) is 19.8 Å². The van der Waals surface area contributed by atoms with Gasteiger partial charge in [-0.25, -0.2) is 0 Å². The number of carbonyl (C=O) groups is 2. The lowest BCUT2D eigenvalue weighted by molar-refractivity contribution is -0.130. The van der Waals surface area contributed by atoms with Crippen LogP contribution in [0.3, 0.4) is 0 Å². The molecule has 2 saturated heterocycles. The zero-order valence-corrected chi connectivity index (χ0v) is 14.8. The fraction of sp³-hybridized carbons (Fsp3) is 0.579. The standard InChI is InChI=1S/C19H26N2O4/c1-15(22)20-8-6-16(7-9-20)14-25-18-4-2-17(3-5-18)19(23)21-10-12-24-13-11-21/h2-5,16H,6-14H2,1H3. The van der Waals surface area contributed by atoms with Gasteiger partial charge in [0.05, 0.1) is 19.8 Å². The molecule has 0 spiro atoms. The number of amides is 2. The molecule has 3 rings (SSSR count). The van der Waals surface area contributed by atoms with E-state index in [0.717, 1.165) is 31.7 Å². The molecule has 0 N–H and O–H groups in total. The Balaban J connectivity index is 1.46. The van der Waals surface area contributed by atoms with E-state index >= 15 is 0 Å². The number of piperidine rings is 1. The van der Waals surface area contributed by atoms with Gasteiger partial charge in [0.25, 0.3) is 5.91 Å². The van der Waals surface area contributed by atoms with E-state index in [1.54, 1.807) is 6.92 Å². The predicted octanol–water partition coefficient (Wildman–Crippen LogP) is 1.80. The lowest BCUT2D eigenvalue weighted by Crippen LogP contribution is -2.40. The summed E-state index contributed by atoms with van der Waals surface area (Å²) in [6.07, 6.45) is 1.96. The third-order valence-electron chi connectivity index (χ3n) is 4.95. The molecular formula is C19H26N2O4. The summed E-state index contributed by atoms with van der Waals surface area (Å²) in [6.45, 7) is 6.42. The van der Waals surface area contributed by atoms with Gasteiger partial charge in [0.15, 0.2) is 0 Å². The van der Waals surface area contributed by atoms with Gasteiger partial charge in [0, 0.05) is 38.7 Å². The molecular weight excluding hydrogens is 320 g/mol. The average Bonchev–Trinajstić information content (AvgIpc) is 2.67. The first kappa shape index (κ1) is 17.7. The maximum atomic E-state index is 12.4. The highest BCUT2D eigenvalue weighted by Crippen LogP contribution is 2.20. The van der Waals surface area contributed by atoms with Gasteiger partial charge >= 0.3 is 0 Å². The van der Waals surface area contributed by atoms with E-state index in [4.69, 9.17) is 9.47 Å². The first-order valence-electron chi connectivity index (χ1n) is 8.99. The molecule has 2 aliphatic heterocycles. The van der Waals surface area contributed by atoms with Crippen LogP contribution in [0.25, 0.3) is 0 Å². The lowest BCUT2D eigenvalue weighted by Gasteiger charge is -2.31. The van der Waals surface area contributed by atoms with Crippen molar-refractivity contribution in [2.75, 3.05) is 46.0 Å². The Morgan fingerprint density at radius 2 is 1.68 bits per heavy atom. The quantitative estimate of drug-likeness (QED) is 0.834. The monoisotopic (exact) mass is 346 g/mol. The van der Waals surface area contributed by atoms with E-state index < -0.39 is 0 Å². The Hall–Kier alpha value is -2.08. The van der Waals surface area contributed by atoms with E-state index in [1.807, 2.05) is 34.1 Å². The lowest BCUT2D eigenvalue weighted by atomic mass is 9.98. The van der Waals surface area contributed by atoms with Gasteiger partial charge < -0.3 is 19.3 Å². The van der Waals surface area contributed by atoms with Crippen LogP contribution in [-0.4, -0.2) is 67.6 Å². The highest BCUT2D eigenvalue weighted by molar-refractivity contribution is 5.94. The number of morpholine rings is 1. The minimum absolute atomic E-state index is 0.0476. The fourth-order valence-electron chi connectivity index (χ4n) is 3.27. The number of carbonyl (C=O) groups excluding carboxylic acids is 2. The molecule has 0 aromatic heterocycles. The molecule has 6 nitrogen and oxygen atoms in total. The van der Waals surface area contributed by atoms with Crippen LogP contribution in [0.4, 0.5) is 0 Å². The second-order valence-corrected chi connectivity index (χ2v) is 6.69. The molecule has 0 atom stereocenters. The highest BCUT2D eigenvalue weighted by atomic mass is 16.5. The van der Waals surface area contributed by atoms with Gasteiger partial charge in [0.2, 0.25) is 5.91 Å². The number of rotatable bonds is 4. The van der Waals surface area contributed by atoms with Gasteiger partial charge in [-0.2, -0.15) is 0 Å². The third kappa shape index (κ3) is 4.72. The normalized spacial score (nSPS) is 18.9. The SMILES string of the molecule is CC(=O)N1CCC(COc2ccc(C(=O)N3CCOCC3)cc2)CC1. The van der Waals surface area contributed by atoms with E-state index in [-0.39, 0.29) is 11.8 Å². The maximum absolute atomic E-state index is 12.4. The summed E-state index contributed by atoms with van der Waals surface area (Å²) in [5.41, 5.74) is 0.684. The van der Waals surface area contributed by atoms with Gasteiger partial charge in [-0.1, -0.05) is 0 Å². The van der Waals surface area contributed by atoms with Crippen molar-refractivity contribution >= 4 is 11.8 Å². The Bertz CT molecular complexity index is 588. The second-order valence-electron chi connectivity index (χ2n) is 6.69. The summed E-state index contributed by atoms with van der Waals surface area (Å²) < 4.78 is 11.2. The Kier molecular flexibility index (Phi) is 5.91. The molecule has 1 aromatic carbocycles. The van der Waals surface area contributed by atoms with Gasteiger partial charge in [-0.05, 0) is 43.0 Å². The van der Waals surface area contributed by atoms with E-state index in [2.05, 4.69) is 0 Å². The van der Waals surface area contributed by atoms with Crippen molar-refractivity contribution in [1.29, 1.82) is 0 Å². The van der Waals surface area contributed by atoms with Crippen LogP contribution >= 0.6 is 0 Å². The van der Waals surface area contributed by atoms with E-state index in [1.165, 1.54) is 0 Å². The van der Waals surface area contributed by atoms with Gasteiger partial charge in [-0.3, -0.25) is 9.59 Å². The minimum Gasteiger partial charge on any atom is -0.493 e. The van der Waals surface area contributed by atoms with Crippen molar-refractivity contribution in [1.82, 2.24) is 9.80 Å². The van der Waals surface area contributed by atoms with Crippen molar-refractivity contribution < 1.29 is 19.1 Å². The smallest absolute Gasteiger partial charge is 0.254 e. The summed E-state index contributed by atoms with van der Waals surface area (Å²) >= 11 is 0. The maximum Gasteiger partial charge on any atom is 0.254 e. The molecule has 0 bridgehead atoms. The summed E-state index contributed by atoms with van der Waals surface area (Å²) in [5.74, 6) is 1.46. The van der Waals surface area contributed by atoms with Crippen LogP contribution in [0.1, 0.15) is 30.1 Å². The van der Waals surface area contributed by atoms with Crippen LogP contribution in [-0.2, 0) is 9.53 Å². The molecule has 25 heavy (non-hydrogen) atoms. The Morgan fingerprint density at radius 1 is 1.04 bits per heavy atom. The van der Waals surface area contributed by atoms with Crippen LogP contribution < -0.4 is 4.74 Å². The van der Waals surface area contributed by atoms with Crippen molar-refractivity contribution in [2.24, 2.45) is 5.92 Å². The fourth-order valence-corrected chi connectivity index (χ4v) is 3.27. The van der Waals surface area contributed by atoms with Gasteiger partial charge in [-0.15, -0.1) is 0 Å². The zero-order valence-electron chi connectivity index (χ0n) is 14.8. The summed E-state index contributed by atoms with van der Waals surface area (Å²) in [7, 11) is 0. The van der Waals surface area contributed by atoms with Crippen molar-refractivity contribution in [3.05, 3.63) is 29.8 Å². The summed E-state index contributed by atoms with van der Waals surface area (Å²) in [5, 5.41) is 0. The number of ether oxygens (including phenoxy) is 2. The molecule has 136 valence electrons. The van der Waals surface area contributed by atoms with E-state index in [0.29, 0.717) is 44.4 Å². The molecule has 1 aromatic rings. The van der Waals surface area contributed by atoms with Crippen LogP contribution in [0.5, 0.6) is 5.75 Å². The molecule has 0 aliphatic carbocycles. The summed E-state index contributed by atoms with van der Waals surface area (Å²) in [6, 6.07) is 7.37. The first-order valence-corrected chi connectivity index (χ1v) is 8.99. The van der Waals surface area contributed by atoms with E-state index in [9.17, 15) is 9.59 Å². The second kappa shape index (κ2) is 8.34. The number of hydrogen-bond donors (Lipinski definition) is 0.